The molecular weight excluding hydrogens is 236 g/mol. The normalized spacial score (nSPS) is 40.3. The number of nitrogens with one attached hydrogen (secondary N) is 1. The molecule has 1 aliphatic carbocycles. The Balaban J connectivity index is 1.98. The van der Waals surface area contributed by atoms with Gasteiger partial charge in [0.1, 0.15) is 0 Å². The van der Waals surface area contributed by atoms with Gasteiger partial charge in [0.2, 0.25) is 0 Å². The average Bonchev–Trinajstić information content (AvgIpc) is 2.33. The zero-order valence-electron chi connectivity index (χ0n) is 13.4. The van der Waals surface area contributed by atoms with E-state index in [4.69, 9.17) is 4.74 Å². The first-order valence-electron chi connectivity index (χ1n) is 7.94. The lowest BCUT2D eigenvalue weighted by molar-refractivity contribution is -0.0601. The van der Waals surface area contributed by atoms with Crippen LogP contribution in [0.25, 0.3) is 0 Å². The third-order valence-electron chi connectivity index (χ3n) is 5.09. The monoisotopic (exact) mass is 268 g/mol. The van der Waals surface area contributed by atoms with E-state index >= 15 is 0 Å². The van der Waals surface area contributed by atoms with Gasteiger partial charge in [0.25, 0.3) is 0 Å². The van der Waals surface area contributed by atoms with Crippen molar-refractivity contribution in [3.8, 4) is 0 Å². The molecule has 1 heterocycles. The van der Waals surface area contributed by atoms with E-state index in [1.807, 2.05) is 0 Å². The Morgan fingerprint density at radius 2 is 2.05 bits per heavy atom. The van der Waals surface area contributed by atoms with E-state index in [1.54, 1.807) is 0 Å². The van der Waals surface area contributed by atoms with Crippen LogP contribution in [0.4, 0.5) is 0 Å². The van der Waals surface area contributed by atoms with Crippen LogP contribution in [0, 0.1) is 11.3 Å². The van der Waals surface area contributed by atoms with Crippen molar-refractivity contribution in [1.82, 2.24) is 10.2 Å². The van der Waals surface area contributed by atoms with E-state index in [1.165, 1.54) is 25.8 Å². The van der Waals surface area contributed by atoms with Gasteiger partial charge in [-0.15, -0.1) is 0 Å². The molecule has 0 aromatic heterocycles. The summed E-state index contributed by atoms with van der Waals surface area (Å²) < 4.78 is 5.75. The molecule has 2 fully saturated rings. The lowest BCUT2D eigenvalue weighted by Crippen LogP contribution is -2.53. The SMILES string of the molecule is CNC1CCC(C)(C)CC1CN1CC(C)OCC1C. The van der Waals surface area contributed by atoms with Crippen LogP contribution in [0.3, 0.4) is 0 Å². The molecule has 112 valence electrons. The van der Waals surface area contributed by atoms with E-state index in [9.17, 15) is 0 Å². The van der Waals surface area contributed by atoms with E-state index in [2.05, 4.69) is 45.0 Å². The molecule has 1 aliphatic heterocycles. The number of hydrogen-bond acceptors (Lipinski definition) is 3. The Kier molecular flexibility index (Phi) is 4.91. The van der Waals surface area contributed by atoms with Crippen molar-refractivity contribution in [1.29, 1.82) is 0 Å². The van der Waals surface area contributed by atoms with Crippen molar-refractivity contribution in [3.05, 3.63) is 0 Å². The molecule has 0 radical (unpaired) electrons. The van der Waals surface area contributed by atoms with E-state index < -0.39 is 0 Å². The van der Waals surface area contributed by atoms with Gasteiger partial charge in [0, 0.05) is 25.2 Å². The number of nitrogens with zero attached hydrogens (tertiary/aromatic N) is 1. The third-order valence-corrected chi connectivity index (χ3v) is 5.09. The summed E-state index contributed by atoms with van der Waals surface area (Å²) in [6.07, 6.45) is 4.41. The van der Waals surface area contributed by atoms with Crippen LogP contribution in [-0.4, -0.2) is 49.8 Å². The first-order chi connectivity index (χ1) is 8.91. The van der Waals surface area contributed by atoms with Gasteiger partial charge >= 0.3 is 0 Å². The van der Waals surface area contributed by atoms with Gasteiger partial charge in [-0.05, 0) is 51.5 Å². The maximum atomic E-state index is 5.75. The summed E-state index contributed by atoms with van der Waals surface area (Å²) in [5.74, 6) is 0.779. The largest absolute Gasteiger partial charge is 0.376 e. The van der Waals surface area contributed by atoms with Crippen LogP contribution in [0.1, 0.15) is 47.0 Å². The van der Waals surface area contributed by atoms with Crippen LogP contribution in [-0.2, 0) is 4.74 Å². The van der Waals surface area contributed by atoms with Crippen LogP contribution >= 0.6 is 0 Å². The quantitative estimate of drug-likeness (QED) is 0.851. The predicted molar refractivity (Wildman–Crippen MR) is 80.4 cm³/mol. The highest BCUT2D eigenvalue weighted by atomic mass is 16.5. The highest BCUT2D eigenvalue weighted by Crippen LogP contribution is 2.39. The van der Waals surface area contributed by atoms with Crippen LogP contribution in [0.15, 0.2) is 0 Å². The molecule has 1 N–H and O–H groups in total. The molecule has 4 unspecified atom stereocenters. The molecule has 0 bridgehead atoms. The lowest BCUT2D eigenvalue weighted by atomic mass is 9.69. The average molecular weight is 268 g/mol. The number of rotatable bonds is 3. The molecule has 0 spiro atoms. The number of ether oxygens (including phenoxy) is 1. The predicted octanol–water partition coefficient (Wildman–Crippen LogP) is 2.51. The highest BCUT2D eigenvalue weighted by molar-refractivity contribution is 4.91. The molecule has 3 heteroatoms. The fourth-order valence-corrected chi connectivity index (χ4v) is 3.84. The van der Waals surface area contributed by atoms with Crippen molar-refractivity contribution in [2.75, 3.05) is 26.7 Å². The summed E-state index contributed by atoms with van der Waals surface area (Å²) in [5, 5.41) is 3.55. The zero-order valence-corrected chi connectivity index (χ0v) is 13.4. The molecule has 0 aromatic carbocycles. The fourth-order valence-electron chi connectivity index (χ4n) is 3.84. The zero-order chi connectivity index (χ0) is 14.0. The molecule has 2 aliphatic rings. The topological polar surface area (TPSA) is 24.5 Å². The summed E-state index contributed by atoms with van der Waals surface area (Å²) >= 11 is 0. The molecule has 1 saturated heterocycles. The van der Waals surface area contributed by atoms with Gasteiger partial charge in [0.15, 0.2) is 0 Å². The molecule has 0 amide bonds. The molecule has 3 nitrogen and oxygen atoms in total. The minimum atomic E-state index is 0.390. The van der Waals surface area contributed by atoms with Crippen molar-refractivity contribution < 1.29 is 4.74 Å². The van der Waals surface area contributed by atoms with Gasteiger partial charge in [0.05, 0.1) is 12.7 Å². The molecule has 1 saturated carbocycles. The van der Waals surface area contributed by atoms with Gasteiger partial charge in [-0.25, -0.2) is 0 Å². The maximum absolute atomic E-state index is 5.75. The Labute approximate surface area is 119 Å². The van der Waals surface area contributed by atoms with Crippen molar-refractivity contribution in [3.63, 3.8) is 0 Å². The van der Waals surface area contributed by atoms with Crippen LogP contribution < -0.4 is 5.32 Å². The van der Waals surface area contributed by atoms with Crippen LogP contribution in [0.2, 0.25) is 0 Å². The van der Waals surface area contributed by atoms with Gasteiger partial charge in [-0.2, -0.15) is 0 Å². The first kappa shape index (κ1) is 15.3. The minimum Gasteiger partial charge on any atom is -0.376 e. The van der Waals surface area contributed by atoms with Gasteiger partial charge < -0.3 is 10.1 Å². The highest BCUT2D eigenvalue weighted by Gasteiger charge is 2.36. The lowest BCUT2D eigenvalue weighted by Gasteiger charge is -2.45. The second-order valence-corrected chi connectivity index (χ2v) is 7.51. The second-order valence-electron chi connectivity index (χ2n) is 7.51. The number of morpholine rings is 1. The van der Waals surface area contributed by atoms with Crippen molar-refractivity contribution >= 4 is 0 Å². The smallest absolute Gasteiger partial charge is 0.0674 e. The molecular formula is C16H32N2O. The molecule has 0 aromatic rings. The van der Waals surface area contributed by atoms with Gasteiger partial charge in [-0.1, -0.05) is 13.8 Å². The summed E-state index contributed by atoms with van der Waals surface area (Å²) in [4.78, 5) is 2.64. The Morgan fingerprint density at radius 3 is 2.74 bits per heavy atom. The number of hydrogen-bond donors (Lipinski definition) is 1. The van der Waals surface area contributed by atoms with E-state index in [0.29, 0.717) is 23.6 Å². The summed E-state index contributed by atoms with van der Waals surface area (Å²) in [6, 6.07) is 1.26. The Morgan fingerprint density at radius 1 is 1.32 bits per heavy atom. The molecule has 19 heavy (non-hydrogen) atoms. The van der Waals surface area contributed by atoms with E-state index in [0.717, 1.165) is 19.1 Å². The standard InChI is InChI=1S/C16H32N2O/c1-12-11-19-13(2)9-18(12)10-14-8-16(3,4)7-6-15(14)17-5/h12-15,17H,6-11H2,1-5H3. The first-order valence-corrected chi connectivity index (χ1v) is 7.94. The molecule has 2 rings (SSSR count). The van der Waals surface area contributed by atoms with Gasteiger partial charge in [-0.3, -0.25) is 4.90 Å². The third kappa shape index (κ3) is 3.93. The fraction of sp³-hybridized carbons (Fsp3) is 1.00. The van der Waals surface area contributed by atoms with Crippen LogP contribution in [0.5, 0.6) is 0 Å². The Hall–Kier alpha value is -0.120. The summed E-state index contributed by atoms with van der Waals surface area (Å²) in [6.45, 7) is 12.6. The molecule has 4 atom stereocenters. The summed E-state index contributed by atoms with van der Waals surface area (Å²) in [5.41, 5.74) is 0.513. The van der Waals surface area contributed by atoms with Crippen molar-refractivity contribution in [2.45, 2.75) is 65.1 Å². The minimum absolute atomic E-state index is 0.390. The Bertz CT molecular complexity index is 292. The van der Waals surface area contributed by atoms with E-state index in [-0.39, 0.29) is 0 Å². The maximum Gasteiger partial charge on any atom is 0.0674 e. The van der Waals surface area contributed by atoms with Crippen molar-refractivity contribution in [2.24, 2.45) is 11.3 Å². The second kappa shape index (κ2) is 6.11. The summed E-state index contributed by atoms with van der Waals surface area (Å²) in [7, 11) is 2.13.